The van der Waals surface area contributed by atoms with Gasteiger partial charge in [-0.05, 0) is 127 Å². The van der Waals surface area contributed by atoms with Crippen LogP contribution in [0.1, 0.15) is 72.4 Å². The number of nitrogens with zero attached hydrogens (tertiary/aromatic N) is 2. The first-order chi connectivity index (χ1) is 17.8. The van der Waals surface area contributed by atoms with Crippen LogP contribution in [0.5, 0.6) is 0 Å². The first kappa shape index (κ1) is 25.0. The van der Waals surface area contributed by atoms with Gasteiger partial charge in [-0.1, -0.05) is 27.7 Å². The minimum Gasteiger partial charge on any atom is -0.515 e. The third-order valence-corrected chi connectivity index (χ3v) is 8.21. The number of aromatic amines is 1. The molecule has 1 aromatic rings. The van der Waals surface area contributed by atoms with Crippen molar-refractivity contribution < 1.29 is 5.11 Å². The monoisotopic (exact) mass is 491 g/mol. The number of nitrogens with one attached hydrogen (secondary N) is 1. The molecular weight excluding hydrogens is 454 g/mol. The van der Waals surface area contributed by atoms with E-state index in [2.05, 4.69) is 83.8 Å². The van der Waals surface area contributed by atoms with Gasteiger partial charge in [0, 0.05) is 16.3 Å². The molecule has 4 aliphatic rings. The van der Waals surface area contributed by atoms with Gasteiger partial charge in [0.25, 0.3) is 0 Å². The second-order valence-electron chi connectivity index (χ2n) is 10.1. The Hall–Kier alpha value is -3.66. The number of aliphatic hydroxyl groups is 1. The summed E-state index contributed by atoms with van der Waals surface area (Å²) in [7, 11) is 0. The minimum absolute atomic E-state index is 0.836. The zero-order valence-electron chi connectivity index (χ0n) is 23.1. The van der Waals surface area contributed by atoms with E-state index in [1.165, 1.54) is 39.7 Å². The summed E-state index contributed by atoms with van der Waals surface area (Å²) in [5.41, 5.74) is 15.6. The number of aromatic nitrogens is 1. The lowest BCUT2D eigenvalue weighted by Crippen LogP contribution is -2.16. The van der Waals surface area contributed by atoms with Gasteiger partial charge >= 0.3 is 0 Å². The summed E-state index contributed by atoms with van der Waals surface area (Å²) in [6, 6.07) is 0. The fourth-order valence-electron chi connectivity index (χ4n) is 6.08. The van der Waals surface area contributed by atoms with Crippen LogP contribution in [0.4, 0.5) is 0 Å². The van der Waals surface area contributed by atoms with Crippen LogP contribution in [-0.2, 0) is 12.8 Å². The summed E-state index contributed by atoms with van der Waals surface area (Å²) in [6.45, 7) is 15.2. The second kappa shape index (κ2) is 9.66. The van der Waals surface area contributed by atoms with Gasteiger partial charge in [-0.15, -0.1) is 0 Å². The Balaban J connectivity index is 1.88. The highest BCUT2D eigenvalue weighted by Gasteiger charge is 2.24. The van der Waals surface area contributed by atoms with Crippen molar-refractivity contribution in [3.8, 4) is 0 Å². The fourth-order valence-corrected chi connectivity index (χ4v) is 6.08. The number of aliphatic imine (C=N–C) groups is 2. The fraction of sp³-hybridized carbons (Fsp3) is 0.333. The van der Waals surface area contributed by atoms with Gasteiger partial charge in [0.05, 0.1) is 29.1 Å². The van der Waals surface area contributed by atoms with Crippen molar-refractivity contribution in [2.75, 3.05) is 0 Å². The van der Waals surface area contributed by atoms with Crippen LogP contribution in [0.3, 0.4) is 0 Å². The SMILES string of the molecule is CCC1=C(C)C2=CC3=CC(=C(C)/C3=C\O)C=C3N=C(C=c4[nH]c(c(CC)c4CC)=CC1=N2)C(CC)=C3C. The maximum absolute atomic E-state index is 10.2. The van der Waals surface area contributed by atoms with Gasteiger partial charge < -0.3 is 10.1 Å². The molecule has 0 saturated carbocycles. The van der Waals surface area contributed by atoms with E-state index in [1.54, 1.807) is 0 Å². The number of rotatable bonds is 4. The average Bonchev–Trinajstić information content (AvgIpc) is 3.56. The summed E-state index contributed by atoms with van der Waals surface area (Å²) in [4.78, 5) is 14.0. The highest BCUT2D eigenvalue weighted by atomic mass is 16.2. The minimum atomic E-state index is 0.836. The van der Waals surface area contributed by atoms with Crippen LogP contribution in [-0.4, -0.2) is 21.5 Å². The number of hydrogen-bond acceptors (Lipinski definition) is 3. The van der Waals surface area contributed by atoms with Gasteiger partial charge in [0.1, 0.15) is 0 Å². The molecule has 0 unspecified atom stereocenters. The molecule has 0 amide bonds. The average molecular weight is 492 g/mol. The number of H-pyrrole nitrogens is 1. The van der Waals surface area contributed by atoms with E-state index in [4.69, 9.17) is 9.98 Å². The van der Waals surface area contributed by atoms with E-state index >= 15 is 0 Å². The molecule has 4 nitrogen and oxygen atoms in total. The molecule has 5 rings (SSSR count). The lowest BCUT2D eigenvalue weighted by molar-refractivity contribution is 0.469. The molecule has 37 heavy (non-hydrogen) atoms. The highest BCUT2D eigenvalue weighted by Crippen LogP contribution is 2.38. The summed E-state index contributed by atoms with van der Waals surface area (Å²) in [6.07, 6.45) is 15.9. The zero-order valence-corrected chi connectivity index (χ0v) is 23.1. The summed E-state index contributed by atoms with van der Waals surface area (Å²) >= 11 is 0. The Kier molecular flexibility index (Phi) is 6.53. The van der Waals surface area contributed by atoms with Crippen molar-refractivity contribution in [1.29, 1.82) is 0 Å². The van der Waals surface area contributed by atoms with Crippen LogP contribution in [0.25, 0.3) is 12.2 Å². The van der Waals surface area contributed by atoms with Crippen LogP contribution < -0.4 is 10.7 Å². The summed E-state index contributed by atoms with van der Waals surface area (Å²) < 4.78 is 0. The Bertz CT molecular complexity index is 1620. The molecular formula is C33H37N3O. The molecule has 190 valence electrons. The van der Waals surface area contributed by atoms with Gasteiger partial charge in [0.15, 0.2) is 0 Å². The van der Waals surface area contributed by atoms with Crippen molar-refractivity contribution in [3.05, 3.63) is 102 Å². The summed E-state index contributed by atoms with van der Waals surface area (Å²) in [5, 5.41) is 12.4. The van der Waals surface area contributed by atoms with Crippen molar-refractivity contribution in [2.45, 2.75) is 74.1 Å². The molecule has 0 aromatic carbocycles. The third-order valence-electron chi connectivity index (χ3n) is 8.21. The molecule has 0 atom stereocenters. The lowest BCUT2D eigenvalue weighted by Gasteiger charge is -2.04. The second-order valence-corrected chi connectivity index (χ2v) is 10.1. The molecule has 3 aliphatic heterocycles. The smallest absolute Gasteiger partial charge is 0.0872 e. The van der Waals surface area contributed by atoms with Crippen LogP contribution in [0.15, 0.2) is 90.5 Å². The van der Waals surface area contributed by atoms with Crippen molar-refractivity contribution >= 4 is 23.6 Å². The van der Waals surface area contributed by atoms with E-state index in [1.807, 2.05) is 0 Å². The molecule has 4 heterocycles. The Labute approximate surface area is 220 Å². The van der Waals surface area contributed by atoms with E-state index < -0.39 is 0 Å². The number of fused-ring (bicyclic) bond motifs is 5. The van der Waals surface area contributed by atoms with Crippen molar-refractivity contribution in [1.82, 2.24) is 4.98 Å². The topological polar surface area (TPSA) is 60.7 Å². The molecule has 0 fully saturated rings. The van der Waals surface area contributed by atoms with Gasteiger partial charge in [-0.2, -0.15) is 0 Å². The first-order valence-corrected chi connectivity index (χ1v) is 13.6. The molecule has 8 bridgehead atoms. The van der Waals surface area contributed by atoms with Crippen LogP contribution in [0, 0.1) is 0 Å². The standard InChI is InChI=1S/C33H37N3O/c1-8-23-19(6)28-13-21-12-22(27(17-37)18(21)5)14-29-20(7)24(9-2)31(35-29)16-33-26(11-4)25(10-3)32(36-33)15-30(23)34-28/h12-17,36-37H,8-11H2,1-7H3/b27-17+,28-13?,29-14?,32-15?,33-16?. The largest absolute Gasteiger partial charge is 0.515 e. The van der Waals surface area contributed by atoms with Gasteiger partial charge in [0.2, 0.25) is 0 Å². The normalized spacial score (nSPS) is 20.2. The molecule has 0 radical (unpaired) electrons. The lowest BCUT2D eigenvalue weighted by atomic mass is 9.99. The molecule has 4 heteroatoms. The molecule has 1 aromatic heterocycles. The van der Waals surface area contributed by atoms with E-state index in [0.717, 1.165) is 81.5 Å². The van der Waals surface area contributed by atoms with Crippen molar-refractivity contribution in [3.63, 3.8) is 0 Å². The number of aliphatic hydroxyl groups excluding tert-OH is 1. The maximum Gasteiger partial charge on any atom is 0.0872 e. The van der Waals surface area contributed by atoms with Crippen LogP contribution in [0.2, 0.25) is 0 Å². The van der Waals surface area contributed by atoms with E-state index in [-0.39, 0.29) is 0 Å². The Morgan fingerprint density at radius 1 is 0.676 bits per heavy atom. The maximum atomic E-state index is 10.2. The molecule has 0 saturated heterocycles. The summed E-state index contributed by atoms with van der Waals surface area (Å²) in [5.74, 6) is 0. The van der Waals surface area contributed by atoms with Crippen molar-refractivity contribution in [2.24, 2.45) is 9.98 Å². The Morgan fingerprint density at radius 3 is 1.65 bits per heavy atom. The Morgan fingerprint density at radius 2 is 1.19 bits per heavy atom. The molecule has 0 spiro atoms. The zero-order chi connectivity index (χ0) is 26.4. The quantitative estimate of drug-likeness (QED) is 0.462. The molecule has 1 aliphatic carbocycles. The van der Waals surface area contributed by atoms with Gasteiger partial charge in [-0.25, -0.2) is 9.98 Å². The predicted octanol–water partition coefficient (Wildman–Crippen LogP) is 6.54. The van der Waals surface area contributed by atoms with E-state index in [9.17, 15) is 5.11 Å². The predicted molar refractivity (Wildman–Crippen MR) is 156 cm³/mol. The van der Waals surface area contributed by atoms with Gasteiger partial charge in [-0.3, -0.25) is 0 Å². The number of hydrogen-bond donors (Lipinski definition) is 2. The number of allylic oxidation sites excluding steroid dienone is 11. The van der Waals surface area contributed by atoms with Crippen LogP contribution >= 0.6 is 0 Å². The molecule has 2 N–H and O–H groups in total. The third kappa shape index (κ3) is 3.99. The highest BCUT2D eigenvalue weighted by molar-refractivity contribution is 6.24. The first-order valence-electron chi connectivity index (χ1n) is 13.6. The van der Waals surface area contributed by atoms with E-state index in [0.29, 0.717) is 0 Å².